The van der Waals surface area contributed by atoms with Gasteiger partial charge in [-0.25, -0.2) is 15.0 Å². The van der Waals surface area contributed by atoms with Gasteiger partial charge in [-0.3, -0.25) is 4.79 Å². The molecule has 11 heteroatoms. The van der Waals surface area contributed by atoms with E-state index in [4.69, 9.17) is 15.5 Å². The van der Waals surface area contributed by atoms with Crippen LogP contribution in [0.2, 0.25) is 0 Å². The molecule has 0 saturated heterocycles. The number of amides is 1. The molecule has 0 atom stereocenters. The van der Waals surface area contributed by atoms with Crippen LogP contribution >= 0.6 is 22.7 Å². The summed E-state index contributed by atoms with van der Waals surface area (Å²) in [6.45, 7) is 3.69. The molecule has 0 saturated carbocycles. The third-order valence-electron chi connectivity index (χ3n) is 6.73. The smallest absolute Gasteiger partial charge is 0.226 e. The Labute approximate surface area is 233 Å². The first-order chi connectivity index (χ1) is 19.1. The van der Waals surface area contributed by atoms with Crippen LogP contribution in [0.3, 0.4) is 0 Å². The number of hydrogen-bond donors (Lipinski definition) is 4. The molecular weight excluding hydrogens is 530 g/mol. The molecule has 0 spiro atoms. The van der Waals surface area contributed by atoms with Crippen molar-refractivity contribution >= 4 is 60.6 Å². The van der Waals surface area contributed by atoms with Gasteiger partial charge in [0, 0.05) is 55.2 Å². The fraction of sp³-hybridized carbons (Fsp3) is 0.286. The van der Waals surface area contributed by atoms with E-state index in [0.717, 1.165) is 73.9 Å². The predicted molar refractivity (Wildman–Crippen MR) is 159 cm³/mol. The van der Waals surface area contributed by atoms with Crippen molar-refractivity contribution < 1.29 is 9.53 Å². The summed E-state index contributed by atoms with van der Waals surface area (Å²) in [5, 5.41) is 12.6. The molecule has 5 N–H and O–H groups in total. The number of anilines is 2. The molecule has 0 aliphatic carbocycles. The Morgan fingerprint density at radius 3 is 2.82 bits per heavy atom. The first-order valence-corrected chi connectivity index (χ1v) is 14.5. The van der Waals surface area contributed by atoms with E-state index in [-0.39, 0.29) is 11.9 Å². The number of carbonyl (C=O) groups excluding carboxylic acids is 1. The maximum atomic E-state index is 12.8. The molecule has 9 nitrogen and oxygen atoms in total. The van der Waals surface area contributed by atoms with Crippen LogP contribution in [0.25, 0.3) is 42.8 Å². The summed E-state index contributed by atoms with van der Waals surface area (Å²) in [5.74, 6) is 0.271. The highest BCUT2D eigenvalue weighted by Gasteiger charge is 2.25. The number of methoxy groups -OCH3 is 1. The molecule has 1 aliphatic rings. The number of nitrogen functional groups attached to an aromatic ring is 1. The lowest BCUT2D eigenvalue weighted by molar-refractivity contribution is -0.116. The third kappa shape index (κ3) is 5.49. The second-order valence-corrected chi connectivity index (χ2v) is 11.5. The number of aromatic nitrogens is 3. The zero-order chi connectivity index (χ0) is 26.8. The van der Waals surface area contributed by atoms with Crippen molar-refractivity contribution in [2.24, 2.45) is 0 Å². The molecule has 5 aromatic rings. The van der Waals surface area contributed by atoms with Crippen LogP contribution in [0.5, 0.6) is 0 Å². The molecule has 4 heterocycles. The van der Waals surface area contributed by atoms with Crippen molar-refractivity contribution in [1.29, 1.82) is 0 Å². The van der Waals surface area contributed by atoms with Crippen LogP contribution in [0, 0.1) is 0 Å². The Kier molecular flexibility index (Phi) is 7.49. The monoisotopic (exact) mass is 559 g/mol. The summed E-state index contributed by atoms with van der Waals surface area (Å²) in [4.78, 5) is 27.5. The van der Waals surface area contributed by atoms with Gasteiger partial charge in [0.05, 0.1) is 22.3 Å². The van der Waals surface area contributed by atoms with E-state index in [1.54, 1.807) is 36.0 Å². The lowest BCUT2D eigenvalue weighted by Crippen LogP contribution is -2.24. The van der Waals surface area contributed by atoms with Gasteiger partial charge in [-0.1, -0.05) is 12.1 Å². The molecule has 0 fully saturated rings. The molecule has 2 aromatic carbocycles. The molecule has 0 radical (unpaired) electrons. The Bertz CT molecular complexity index is 1660. The minimum atomic E-state index is -0.00170. The normalized spacial score (nSPS) is 13.2. The van der Waals surface area contributed by atoms with Gasteiger partial charge < -0.3 is 26.4 Å². The number of nitrogens with zero attached hydrogens (tertiary/aromatic N) is 3. The minimum Gasteiger partial charge on any atom is -0.383 e. The van der Waals surface area contributed by atoms with E-state index < -0.39 is 0 Å². The summed E-state index contributed by atoms with van der Waals surface area (Å²) < 4.78 is 6.15. The van der Waals surface area contributed by atoms with Gasteiger partial charge in [0.2, 0.25) is 11.9 Å². The van der Waals surface area contributed by atoms with E-state index in [2.05, 4.69) is 56.3 Å². The molecule has 6 rings (SSSR count). The van der Waals surface area contributed by atoms with Gasteiger partial charge in [-0.05, 0) is 53.9 Å². The Morgan fingerprint density at radius 2 is 1.95 bits per heavy atom. The molecule has 1 aliphatic heterocycles. The number of hydrogen-bond acceptors (Lipinski definition) is 10. The summed E-state index contributed by atoms with van der Waals surface area (Å²) >= 11 is 3.32. The van der Waals surface area contributed by atoms with Gasteiger partial charge in [-0.15, -0.1) is 22.7 Å². The van der Waals surface area contributed by atoms with Crippen molar-refractivity contribution in [3.05, 3.63) is 53.0 Å². The van der Waals surface area contributed by atoms with Crippen LogP contribution < -0.4 is 21.7 Å². The molecule has 0 bridgehead atoms. The Balaban J connectivity index is 1.30. The van der Waals surface area contributed by atoms with Gasteiger partial charge in [-0.2, -0.15) is 0 Å². The highest BCUT2D eigenvalue weighted by Crippen LogP contribution is 2.45. The van der Waals surface area contributed by atoms with Crippen LogP contribution in [-0.2, 0) is 22.5 Å². The maximum absolute atomic E-state index is 12.8. The van der Waals surface area contributed by atoms with Crippen LogP contribution in [-0.4, -0.2) is 54.2 Å². The predicted octanol–water partition coefficient (Wildman–Crippen LogP) is 4.43. The van der Waals surface area contributed by atoms with E-state index in [1.165, 1.54) is 10.4 Å². The minimum absolute atomic E-state index is 0.00170. The van der Waals surface area contributed by atoms with Crippen LogP contribution in [0.4, 0.5) is 10.9 Å². The van der Waals surface area contributed by atoms with Gasteiger partial charge in [0.1, 0.15) is 10.0 Å². The van der Waals surface area contributed by atoms with Crippen molar-refractivity contribution in [1.82, 2.24) is 25.6 Å². The average molecular weight is 560 g/mol. The lowest BCUT2D eigenvalue weighted by atomic mass is 10.0. The largest absolute Gasteiger partial charge is 0.383 e. The first kappa shape index (κ1) is 25.8. The van der Waals surface area contributed by atoms with Crippen molar-refractivity contribution in [2.45, 2.75) is 19.4 Å². The van der Waals surface area contributed by atoms with Gasteiger partial charge in [0.25, 0.3) is 0 Å². The molecule has 200 valence electrons. The fourth-order valence-corrected chi connectivity index (χ4v) is 7.16. The molecule has 1 amide bonds. The Morgan fingerprint density at radius 1 is 1.10 bits per heavy atom. The second kappa shape index (κ2) is 11.3. The SMILES string of the molecule is COCCNCCC(=O)Nc1sc2c(c1-c1nc3ccc(-c4ccc5nc(N)ncc5c4)cc3s1)CCNC2. The summed E-state index contributed by atoms with van der Waals surface area (Å²) in [7, 11) is 1.67. The number of fused-ring (bicyclic) bond motifs is 3. The first-order valence-electron chi connectivity index (χ1n) is 12.9. The molecular formula is C28H29N7O2S2. The van der Waals surface area contributed by atoms with E-state index in [9.17, 15) is 4.79 Å². The third-order valence-corrected chi connectivity index (χ3v) is 8.91. The van der Waals surface area contributed by atoms with Gasteiger partial charge >= 0.3 is 0 Å². The number of carbonyl (C=O) groups is 1. The van der Waals surface area contributed by atoms with E-state index in [1.807, 2.05) is 6.07 Å². The van der Waals surface area contributed by atoms with Crippen LogP contribution in [0.1, 0.15) is 16.9 Å². The quantitative estimate of drug-likeness (QED) is 0.195. The highest BCUT2D eigenvalue weighted by molar-refractivity contribution is 7.23. The van der Waals surface area contributed by atoms with Gasteiger partial charge in [0.15, 0.2) is 0 Å². The van der Waals surface area contributed by atoms with Crippen molar-refractivity contribution in [3.63, 3.8) is 0 Å². The average Bonchev–Trinajstić information content (AvgIpc) is 3.52. The fourth-order valence-electron chi connectivity index (χ4n) is 4.78. The summed E-state index contributed by atoms with van der Waals surface area (Å²) in [5.41, 5.74) is 12.0. The van der Waals surface area contributed by atoms with Crippen molar-refractivity contribution in [2.75, 3.05) is 44.4 Å². The van der Waals surface area contributed by atoms with E-state index >= 15 is 0 Å². The maximum Gasteiger partial charge on any atom is 0.226 e. The number of rotatable bonds is 9. The second-order valence-electron chi connectivity index (χ2n) is 9.38. The molecule has 3 aromatic heterocycles. The summed E-state index contributed by atoms with van der Waals surface area (Å²) in [6.07, 6.45) is 3.07. The number of thiophene rings is 1. The zero-order valence-corrected chi connectivity index (χ0v) is 23.2. The van der Waals surface area contributed by atoms with Crippen molar-refractivity contribution in [3.8, 4) is 21.7 Å². The highest BCUT2D eigenvalue weighted by atomic mass is 32.1. The lowest BCUT2D eigenvalue weighted by Gasteiger charge is -2.13. The standard InChI is InChI=1S/C28H29N7O2S2/c1-37-11-10-30-9-7-24(36)35-27-25(19-6-8-31-15-23(19)39-27)26-33-21-5-3-17(13-22(21)38-26)16-2-4-20-18(12-16)14-32-28(29)34-20/h2-5,12-14,30-31H,6-11,15H2,1H3,(H,35,36)(H2,29,32,34). The zero-order valence-electron chi connectivity index (χ0n) is 21.5. The topological polar surface area (TPSA) is 127 Å². The molecule has 39 heavy (non-hydrogen) atoms. The van der Waals surface area contributed by atoms with E-state index in [0.29, 0.717) is 19.6 Å². The number of nitrogens with two attached hydrogens (primary N) is 1. The number of benzene rings is 2. The molecule has 0 unspecified atom stereocenters. The van der Waals surface area contributed by atoms with Crippen LogP contribution in [0.15, 0.2) is 42.6 Å². The number of ether oxygens (including phenoxy) is 1. The Hall–Kier alpha value is -3.48. The summed E-state index contributed by atoms with van der Waals surface area (Å²) in [6, 6.07) is 12.4. The number of nitrogens with one attached hydrogen (secondary N) is 3. The number of thiazole rings is 1.